The second-order valence-corrected chi connectivity index (χ2v) is 29.5. The summed E-state index contributed by atoms with van der Waals surface area (Å²) >= 11 is 0. The van der Waals surface area contributed by atoms with Gasteiger partial charge in [-0.05, 0) is 37.5 Å². The Labute approximate surface area is 549 Å². The van der Waals surface area contributed by atoms with Crippen LogP contribution in [0, 0.1) is 11.8 Å². The van der Waals surface area contributed by atoms with Gasteiger partial charge in [-0.25, -0.2) is 9.13 Å². The fourth-order valence-electron chi connectivity index (χ4n) is 10.8. The molecule has 90 heavy (non-hydrogen) atoms. The molecule has 0 saturated heterocycles. The number of hydrogen-bond donors (Lipinski definition) is 3. The van der Waals surface area contributed by atoms with E-state index in [2.05, 4.69) is 41.5 Å². The molecule has 0 aromatic rings. The fraction of sp³-hybridized carbons (Fsp3) is 0.944. The van der Waals surface area contributed by atoms with Crippen molar-refractivity contribution in [3.05, 3.63) is 0 Å². The van der Waals surface area contributed by atoms with Gasteiger partial charge in [0.05, 0.1) is 26.4 Å². The lowest BCUT2D eigenvalue weighted by Crippen LogP contribution is -2.30. The fourth-order valence-corrected chi connectivity index (χ4v) is 12.3. The van der Waals surface area contributed by atoms with Crippen LogP contribution in [0.1, 0.15) is 363 Å². The summed E-state index contributed by atoms with van der Waals surface area (Å²) in [5.41, 5.74) is 0. The standard InChI is InChI=1S/C71H138O17P2/c1-7-9-11-13-15-17-19-21-23-25-27-29-35-41-47-53-68(73)81-59-66(87-70(75)55-49-43-36-30-28-26-24-22-20-18-16-14-12-10-8-2)61-85-89(77,78)83-57-65(72)58-84-90(79,80)86-62-67(88-71(76)56-50-44-38-32-34-40-46-52-64(5)6)60-82-69(74)54-48-42-37-31-33-39-45-51-63(3)4/h63-67,72H,7-62H2,1-6H3,(H,77,78)(H,79,80)/t65-,66-,67-/m1/s1. The van der Waals surface area contributed by atoms with Crippen LogP contribution in [-0.2, 0) is 65.4 Å². The van der Waals surface area contributed by atoms with Crippen LogP contribution >= 0.6 is 15.6 Å². The SMILES string of the molecule is CCCCCCCCCCCCCCCCCC(=O)OC[C@H](COP(=O)(O)OC[C@@H](O)COP(=O)(O)OC[C@@H](COC(=O)CCCCCCCCCC(C)C)OC(=O)CCCCCCCCCC(C)C)OC(=O)CCCCCCCCCCCCCCCCC. The van der Waals surface area contributed by atoms with Gasteiger partial charge >= 0.3 is 39.5 Å². The third kappa shape index (κ3) is 64.8. The average molecular weight is 1330 g/mol. The van der Waals surface area contributed by atoms with E-state index in [1.807, 2.05) is 0 Å². The van der Waals surface area contributed by atoms with Crippen LogP contribution in [0.5, 0.6) is 0 Å². The van der Waals surface area contributed by atoms with Gasteiger partial charge in [0.25, 0.3) is 0 Å². The van der Waals surface area contributed by atoms with Gasteiger partial charge < -0.3 is 33.8 Å². The third-order valence-electron chi connectivity index (χ3n) is 16.5. The Bertz CT molecular complexity index is 1750. The molecule has 0 rings (SSSR count). The van der Waals surface area contributed by atoms with Gasteiger partial charge in [-0.3, -0.25) is 37.3 Å². The first kappa shape index (κ1) is 88.1. The number of unbranched alkanes of at least 4 members (excludes halogenated alkanes) is 40. The first-order chi connectivity index (χ1) is 43.4. The maximum atomic E-state index is 13.0. The Balaban J connectivity index is 5.23. The van der Waals surface area contributed by atoms with E-state index in [9.17, 15) is 43.2 Å². The molecule has 19 heteroatoms. The van der Waals surface area contributed by atoms with Crippen molar-refractivity contribution in [3.8, 4) is 0 Å². The molecule has 2 unspecified atom stereocenters. The van der Waals surface area contributed by atoms with E-state index in [1.54, 1.807) is 0 Å². The molecule has 0 aliphatic carbocycles. The topological polar surface area (TPSA) is 237 Å². The number of esters is 4. The van der Waals surface area contributed by atoms with Gasteiger partial charge in [0.1, 0.15) is 19.3 Å². The minimum absolute atomic E-state index is 0.103. The molecule has 0 fully saturated rings. The Morgan fingerprint density at radius 3 is 0.756 bits per heavy atom. The van der Waals surface area contributed by atoms with Crippen molar-refractivity contribution in [2.24, 2.45) is 11.8 Å². The Morgan fingerprint density at radius 1 is 0.300 bits per heavy atom. The summed E-state index contributed by atoms with van der Waals surface area (Å²) in [5.74, 6) is -0.724. The predicted octanol–water partition coefficient (Wildman–Crippen LogP) is 20.4. The van der Waals surface area contributed by atoms with Gasteiger partial charge in [0, 0.05) is 25.7 Å². The summed E-state index contributed by atoms with van der Waals surface area (Å²) in [7, 11) is -9.90. The second kappa shape index (κ2) is 63.1. The summed E-state index contributed by atoms with van der Waals surface area (Å²) < 4.78 is 68.3. The Hall–Kier alpha value is -1.94. The zero-order valence-corrected chi connectivity index (χ0v) is 60.2. The van der Waals surface area contributed by atoms with E-state index in [1.165, 1.54) is 173 Å². The Kier molecular flexibility index (Phi) is 61.8. The molecule has 0 bridgehead atoms. The van der Waals surface area contributed by atoms with Gasteiger partial charge in [-0.15, -0.1) is 0 Å². The lowest BCUT2D eigenvalue weighted by molar-refractivity contribution is -0.161. The van der Waals surface area contributed by atoms with Crippen molar-refractivity contribution in [1.29, 1.82) is 0 Å². The molecule has 0 aromatic carbocycles. The van der Waals surface area contributed by atoms with Gasteiger partial charge in [0.2, 0.25) is 0 Å². The maximum Gasteiger partial charge on any atom is 0.472 e. The summed E-state index contributed by atoms with van der Waals surface area (Å²) in [6.07, 6.45) is 48.7. The first-order valence-electron chi connectivity index (χ1n) is 37.0. The third-order valence-corrected chi connectivity index (χ3v) is 18.4. The second-order valence-electron chi connectivity index (χ2n) is 26.6. The molecule has 17 nitrogen and oxygen atoms in total. The van der Waals surface area contributed by atoms with Crippen molar-refractivity contribution in [3.63, 3.8) is 0 Å². The lowest BCUT2D eigenvalue weighted by Gasteiger charge is -2.21. The molecule has 5 atom stereocenters. The van der Waals surface area contributed by atoms with E-state index >= 15 is 0 Å². The zero-order valence-electron chi connectivity index (χ0n) is 58.4. The van der Waals surface area contributed by atoms with E-state index in [0.29, 0.717) is 37.5 Å². The summed E-state index contributed by atoms with van der Waals surface area (Å²) in [6, 6.07) is 0. The number of phosphoric ester groups is 2. The highest BCUT2D eigenvalue weighted by atomic mass is 31.2. The number of carbonyl (C=O) groups excluding carboxylic acids is 4. The van der Waals surface area contributed by atoms with Crippen molar-refractivity contribution < 1.29 is 80.2 Å². The number of rotatable bonds is 70. The van der Waals surface area contributed by atoms with E-state index in [4.69, 9.17) is 37.0 Å². The summed E-state index contributed by atoms with van der Waals surface area (Å²) in [5, 5.41) is 10.6. The van der Waals surface area contributed by atoms with Gasteiger partial charge in [0.15, 0.2) is 12.2 Å². The monoisotopic (exact) mass is 1320 g/mol. The van der Waals surface area contributed by atoms with E-state index in [0.717, 1.165) is 96.3 Å². The normalized spacial score (nSPS) is 14.1. The van der Waals surface area contributed by atoms with Crippen molar-refractivity contribution >= 4 is 39.5 Å². The van der Waals surface area contributed by atoms with E-state index in [-0.39, 0.29) is 25.7 Å². The number of hydrogen-bond acceptors (Lipinski definition) is 15. The molecule has 0 amide bonds. The molecular formula is C71H138O17P2. The minimum Gasteiger partial charge on any atom is -0.462 e. The number of aliphatic hydroxyl groups is 1. The average Bonchev–Trinajstić information content (AvgIpc) is 3.62. The molecule has 0 spiro atoms. The Morgan fingerprint density at radius 2 is 0.511 bits per heavy atom. The summed E-state index contributed by atoms with van der Waals surface area (Å²) in [4.78, 5) is 72.5. The van der Waals surface area contributed by atoms with Crippen molar-refractivity contribution in [1.82, 2.24) is 0 Å². The van der Waals surface area contributed by atoms with E-state index < -0.39 is 97.5 Å². The van der Waals surface area contributed by atoms with Crippen LogP contribution in [-0.4, -0.2) is 96.7 Å². The molecule has 0 aliphatic heterocycles. The highest BCUT2D eigenvalue weighted by Crippen LogP contribution is 2.45. The molecule has 534 valence electrons. The molecule has 3 N–H and O–H groups in total. The molecule has 0 saturated carbocycles. The molecular weight excluding hydrogens is 1190 g/mol. The first-order valence-corrected chi connectivity index (χ1v) is 40.0. The van der Waals surface area contributed by atoms with Crippen LogP contribution in [0.4, 0.5) is 0 Å². The lowest BCUT2D eigenvalue weighted by atomic mass is 10.0. The van der Waals surface area contributed by atoms with Crippen LogP contribution in [0.3, 0.4) is 0 Å². The number of aliphatic hydroxyl groups excluding tert-OH is 1. The largest absolute Gasteiger partial charge is 0.472 e. The van der Waals surface area contributed by atoms with Crippen LogP contribution in [0.25, 0.3) is 0 Å². The molecule has 0 aliphatic rings. The number of phosphoric acid groups is 2. The highest BCUT2D eigenvalue weighted by molar-refractivity contribution is 7.47. The van der Waals surface area contributed by atoms with Crippen LogP contribution in [0.15, 0.2) is 0 Å². The maximum absolute atomic E-state index is 13.0. The molecule has 0 aromatic heterocycles. The molecule has 0 radical (unpaired) electrons. The minimum atomic E-state index is -4.95. The quantitative estimate of drug-likeness (QED) is 0.0222. The zero-order chi connectivity index (χ0) is 66.5. The van der Waals surface area contributed by atoms with Gasteiger partial charge in [-0.1, -0.05) is 311 Å². The van der Waals surface area contributed by atoms with Crippen LogP contribution < -0.4 is 0 Å². The smallest absolute Gasteiger partial charge is 0.462 e. The highest BCUT2D eigenvalue weighted by Gasteiger charge is 2.30. The summed E-state index contributed by atoms with van der Waals surface area (Å²) in [6.45, 7) is 9.44. The van der Waals surface area contributed by atoms with Crippen LogP contribution in [0.2, 0.25) is 0 Å². The van der Waals surface area contributed by atoms with Crippen molar-refractivity contribution in [2.45, 2.75) is 381 Å². The predicted molar refractivity (Wildman–Crippen MR) is 363 cm³/mol. The van der Waals surface area contributed by atoms with Crippen molar-refractivity contribution in [2.75, 3.05) is 39.6 Å². The number of ether oxygens (including phenoxy) is 4. The van der Waals surface area contributed by atoms with Gasteiger partial charge in [-0.2, -0.15) is 0 Å². The molecule has 0 heterocycles. The number of carbonyl (C=O) groups is 4.